The fraction of sp³-hybridized carbons (Fsp3) is 0.549. The molecule has 4 N–H and O–H groups in total. The lowest BCUT2D eigenvalue weighted by Crippen LogP contribution is -2.36. The molecule has 5 amide bonds. The normalized spacial score (nSPS) is 12.8. The van der Waals surface area contributed by atoms with Crippen LogP contribution in [0.1, 0.15) is 147 Å². The number of hydroxylamine groups is 2. The fourth-order valence-electron chi connectivity index (χ4n) is 4.37. The van der Waals surface area contributed by atoms with Crippen molar-refractivity contribution in [3.63, 3.8) is 0 Å². The van der Waals surface area contributed by atoms with Crippen LogP contribution in [-0.2, 0) is 49.8 Å². The van der Waals surface area contributed by atoms with E-state index in [2.05, 4.69) is 50.1 Å². The molecule has 1 saturated heterocycles. The Kier molecular flexibility index (Phi) is 36.3. The van der Waals surface area contributed by atoms with E-state index in [4.69, 9.17) is 11.3 Å². The number of para-hydroxylation sites is 1. The zero-order valence-corrected chi connectivity index (χ0v) is 44.9. The predicted molar refractivity (Wildman–Crippen MR) is 277 cm³/mol. The number of fused-ring (bicyclic) bond motifs is 2. The van der Waals surface area contributed by atoms with Crippen molar-refractivity contribution >= 4 is 59.6 Å². The zero-order valence-electron chi connectivity index (χ0n) is 44.0. The number of nitrogens with two attached hydrogens (primary N) is 2. The second-order valence-electron chi connectivity index (χ2n) is 17.7. The van der Waals surface area contributed by atoms with E-state index in [-0.39, 0.29) is 72.3 Å². The summed E-state index contributed by atoms with van der Waals surface area (Å²) < 4.78 is 0. The number of hydrogen-bond acceptors (Lipinski definition) is 13. The standard InChI is InChI=1S/C19H17NO.C8H11NO4.C7H9NO2.C5H10O.C3H7N3.C3H9NO.C3H9N.C3H8S/c1-14(2)19(21)20-13-17-9-4-3-7-15(17)11-12-16-8-5-6-10-18(16)20;1-5(2)8(12)13-9-6(10)3-4-7(9)11;1-5(2)8-6(9)3-4-7(8)10;1-4(2)5(3)6;1-3(2)5-6-4;1-3(2)5-4;2*1-3(2)4/h3-10,14H,13H2,1-2H3;5H,3-4H2,1-2H3;3-5H,1-2H3;4H,1-3H3;3H,1-2H3;3H,4H2,1-2H3;3H,4H2,1-2H3;3-4H,1-2H3. The lowest BCUT2D eigenvalue weighted by atomic mass is 10.0. The number of azide groups is 1. The summed E-state index contributed by atoms with van der Waals surface area (Å²) in [6, 6.07) is 16.3. The summed E-state index contributed by atoms with van der Waals surface area (Å²) in [4.78, 5) is 91.9. The minimum absolute atomic E-state index is 0.0324. The summed E-state index contributed by atoms with van der Waals surface area (Å²) in [6.45, 7) is 32.1. The molecular weight excluding hydrogens is 901 g/mol. The van der Waals surface area contributed by atoms with Crippen molar-refractivity contribution in [2.24, 2.45) is 34.5 Å². The van der Waals surface area contributed by atoms with E-state index in [0.717, 1.165) is 22.4 Å². The Hall–Kier alpha value is -5.83. The van der Waals surface area contributed by atoms with E-state index in [1.54, 1.807) is 20.8 Å². The maximum absolute atomic E-state index is 12.6. The number of carbonyl (C=O) groups is 7. The lowest BCUT2D eigenvalue weighted by molar-refractivity contribution is -0.199. The Bertz CT molecular complexity index is 2010. The van der Waals surface area contributed by atoms with E-state index in [0.29, 0.717) is 22.9 Å². The summed E-state index contributed by atoms with van der Waals surface area (Å²) in [6.07, 6.45) is 3.01. The van der Waals surface area contributed by atoms with Gasteiger partial charge in [0.25, 0.3) is 23.6 Å². The van der Waals surface area contributed by atoms with Crippen molar-refractivity contribution in [2.75, 3.05) is 4.90 Å². The molecular formula is C51H80N8O9S. The van der Waals surface area contributed by atoms with E-state index >= 15 is 0 Å². The molecule has 5 rings (SSSR count). The molecule has 2 aromatic rings. The third-order valence-corrected chi connectivity index (χ3v) is 8.02. The second kappa shape index (κ2) is 37.1. The van der Waals surface area contributed by atoms with E-state index in [1.165, 1.54) is 17.1 Å². The van der Waals surface area contributed by atoms with Gasteiger partial charge in [-0.1, -0.05) is 130 Å². The molecule has 3 aliphatic rings. The van der Waals surface area contributed by atoms with Gasteiger partial charge < -0.3 is 20.3 Å². The first-order valence-corrected chi connectivity index (χ1v) is 23.4. The first-order chi connectivity index (χ1) is 32.0. The summed E-state index contributed by atoms with van der Waals surface area (Å²) in [5.74, 6) is 9.43. The van der Waals surface area contributed by atoms with E-state index in [1.807, 2.05) is 150 Å². The molecule has 0 spiro atoms. The van der Waals surface area contributed by atoms with Crippen molar-refractivity contribution in [1.29, 1.82) is 0 Å². The van der Waals surface area contributed by atoms with Crippen LogP contribution < -0.4 is 16.5 Å². The monoisotopic (exact) mass is 981 g/mol. The van der Waals surface area contributed by atoms with Crippen LogP contribution in [0.4, 0.5) is 5.69 Å². The molecule has 0 unspecified atom stereocenters. The SMILES string of the molecule is CC(=O)C(C)C.CC(C)C(=O)N1Cc2ccccc2C#Cc2ccccc21.CC(C)C(=O)ON1C(=O)CCC1=O.CC(C)N.CC(C)N1C(=O)C=CC1=O.CC(C)N=[N+]=[N-].CC(C)ON.CC(C)S. The first-order valence-electron chi connectivity index (χ1n) is 22.9. The Labute approximate surface area is 417 Å². The average molecular weight is 981 g/mol. The Morgan fingerprint density at radius 1 is 0.725 bits per heavy atom. The van der Waals surface area contributed by atoms with Crippen LogP contribution in [0.5, 0.6) is 0 Å². The van der Waals surface area contributed by atoms with Crippen LogP contribution in [0.2, 0.25) is 0 Å². The number of hydrogen-bond donors (Lipinski definition) is 3. The molecule has 0 saturated carbocycles. The van der Waals surface area contributed by atoms with Gasteiger partial charge in [-0.3, -0.25) is 33.7 Å². The van der Waals surface area contributed by atoms with Crippen LogP contribution in [-0.4, -0.2) is 80.7 Å². The Morgan fingerprint density at radius 3 is 1.46 bits per heavy atom. The molecule has 1 fully saturated rings. The van der Waals surface area contributed by atoms with Crippen LogP contribution in [0, 0.1) is 29.6 Å². The summed E-state index contributed by atoms with van der Waals surface area (Å²) in [5, 5.41) is 4.39. The van der Waals surface area contributed by atoms with Gasteiger partial charge in [-0.05, 0) is 75.2 Å². The summed E-state index contributed by atoms with van der Waals surface area (Å²) in [5.41, 5.74) is 16.7. The molecule has 69 heavy (non-hydrogen) atoms. The smallest absolute Gasteiger partial charge is 0.330 e. The molecule has 0 aliphatic carbocycles. The number of amides is 5. The fourth-order valence-corrected chi connectivity index (χ4v) is 4.37. The molecule has 0 bridgehead atoms. The Balaban J connectivity index is -0.000000788. The van der Waals surface area contributed by atoms with Gasteiger partial charge in [0, 0.05) is 65.0 Å². The Morgan fingerprint density at radius 2 is 1.13 bits per heavy atom. The molecule has 0 atom stereocenters. The quantitative estimate of drug-likeness (QED) is 0.0449. The van der Waals surface area contributed by atoms with Gasteiger partial charge in [-0.2, -0.15) is 12.6 Å². The second-order valence-corrected chi connectivity index (χ2v) is 18.7. The number of ketones is 1. The molecule has 0 radical (unpaired) electrons. The van der Waals surface area contributed by atoms with Crippen LogP contribution in [0.3, 0.4) is 0 Å². The largest absolute Gasteiger partial charge is 0.335 e. The van der Waals surface area contributed by atoms with Crippen molar-refractivity contribution in [3.8, 4) is 11.8 Å². The molecule has 2 aromatic carbocycles. The summed E-state index contributed by atoms with van der Waals surface area (Å²) in [7, 11) is 0. The number of rotatable bonds is 7. The van der Waals surface area contributed by atoms with Gasteiger partial charge >= 0.3 is 5.97 Å². The number of nitrogens with zero attached hydrogens (tertiary/aromatic N) is 6. The van der Waals surface area contributed by atoms with Crippen molar-refractivity contribution < 1.29 is 43.2 Å². The maximum atomic E-state index is 12.6. The minimum Gasteiger partial charge on any atom is -0.330 e. The molecule has 17 nitrogen and oxygen atoms in total. The van der Waals surface area contributed by atoms with Gasteiger partial charge in [-0.25, -0.2) is 10.7 Å². The number of imide groups is 2. The van der Waals surface area contributed by atoms with Gasteiger partial charge in [0.15, 0.2) is 0 Å². The van der Waals surface area contributed by atoms with Gasteiger partial charge in [0.05, 0.1) is 24.3 Å². The number of carbonyl (C=O) groups excluding carboxylic acids is 7. The van der Waals surface area contributed by atoms with Crippen molar-refractivity contribution in [2.45, 2.75) is 167 Å². The van der Waals surface area contributed by atoms with Gasteiger partial charge in [0.2, 0.25) is 5.91 Å². The van der Waals surface area contributed by atoms with Crippen molar-refractivity contribution in [1.82, 2.24) is 9.96 Å². The number of thiol groups is 1. The highest BCUT2D eigenvalue weighted by Crippen LogP contribution is 2.26. The molecule has 18 heteroatoms. The van der Waals surface area contributed by atoms with Crippen molar-refractivity contribution in [3.05, 3.63) is 87.8 Å². The topological polar surface area (TPSA) is 248 Å². The van der Waals surface area contributed by atoms with Crippen LogP contribution in [0.15, 0.2) is 65.8 Å². The zero-order chi connectivity index (χ0) is 54.1. The minimum atomic E-state index is -0.566. The molecule has 0 aromatic heterocycles. The van der Waals surface area contributed by atoms with Gasteiger partial charge in [0.1, 0.15) is 5.78 Å². The highest BCUT2D eigenvalue weighted by atomic mass is 32.1. The molecule has 3 aliphatic heterocycles. The number of benzene rings is 2. The van der Waals surface area contributed by atoms with Gasteiger partial charge in [-0.15, -0.1) is 5.06 Å². The third kappa shape index (κ3) is 31.8. The average Bonchev–Trinajstić information content (AvgIpc) is 3.76. The first kappa shape index (κ1) is 67.4. The summed E-state index contributed by atoms with van der Waals surface area (Å²) >= 11 is 3.97. The lowest BCUT2D eigenvalue weighted by Gasteiger charge is -2.27. The molecule has 3 heterocycles. The van der Waals surface area contributed by atoms with E-state index < -0.39 is 17.8 Å². The molecule has 384 valence electrons. The third-order valence-electron chi connectivity index (χ3n) is 8.02. The number of Topliss-reactive ketones (excluding diaryl/α,β-unsaturated/α-hetero) is 1. The highest BCUT2D eigenvalue weighted by Gasteiger charge is 2.33. The predicted octanol–water partition coefficient (Wildman–Crippen LogP) is 9.06. The maximum Gasteiger partial charge on any atom is 0.335 e. The highest BCUT2D eigenvalue weighted by molar-refractivity contribution is 7.80. The number of anilines is 1. The van der Waals surface area contributed by atoms with E-state index in [9.17, 15) is 33.6 Å². The van der Waals surface area contributed by atoms with Crippen LogP contribution in [0.25, 0.3) is 10.4 Å². The van der Waals surface area contributed by atoms with Crippen LogP contribution >= 0.6 is 12.6 Å².